The Labute approximate surface area is 144 Å². The van der Waals surface area contributed by atoms with Crippen LogP contribution >= 0.6 is 7.92 Å². The summed E-state index contributed by atoms with van der Waals surface area (Å²) in [6.45, 7) is 2.28. The van der Waals surface area contributed by atoms with E-state index in [4.69, 9.17) is 0 Å². The van der Waals surface area contributed by atoms with E-state index in [0.29, 0.717) is 0 Å². The van der Waals surface area contributed by atoms with E-state index >= 15 is 0 Å². The average molecular weight is 325 g/mol. The van der Waals surface area contributed by atoms with Crippen molar-refractivity contribution in [2.24, 2.45) is 0 Å². The van der Waals surface area contributed by atoms with Gasteiger partial charge in [0.15, 0.2) is 0 Å². The molecule has 0 aliphatic rings. The van der Waals surface area contributed by atoms with Gasteiger partial charge < -0.3 is 0 Å². The molecule has 0 saturated carbocycles. The first kappa shape index (κ1) is 18.2. The van der Waals surface area contributed by atoms with Crippen LogP contribution in [0.1, 0.15) is 58.3 Å². The van der Waals surface area contributed by atoms with Gasteiger partial charge in [-0.3, -0.25) is 0 Å². The van der Waals surface area contributed by atoms with Gasteiger partial charge in [0.2, 0.25) is 0 Å². The molecule has 0 aliphatic heterocycles. The second-order valence-electron chi connectivity index (χ2n) is 6.13. The quantitative estimate of drug-likeness (QED) is 0.330. The van der Waals surface area contributed by atoms with Gasteiger partial charge in [-0.2, -0.15) is 0 Å². The van der Waals surface area contributed by atoms with Crippen LogP contribution in [0.3, 0.4) is 0 Å². The van der Waals surface area contributed by atoms with Gasteiger partial charge in [0.05, 0.1) is 0 Å². The Morgan fingerprint density at radius 1 is 0.652 bits per heavy atom. The molecular formula is C22H30P. The number of unbranched alkanes of at least 4 members (excludes halogenated alkanes) is 7. The number of hydrogen-bond acceptors (Lipinski definition) is 0. The molecule has 2 aromatic rings. The van der Waals surface area contributed by atoms with Gasteiger partial charge in [0.1, 0.15) is 0 Å². The van der Waals surface area contributed by atoms with E-state index in [2.05, 4.69) is 73.7 Å². The first-order valence-electron chi connectivity index (χ1n) is 9.14. The predicted molar refractivity (Wildman–Crippen MR) is 106 cm³/mol. The van der Waals surface area contributed by atoms with E-state index in [1.54, 1.807) is 0 Å². The fraction of sp³-hybridized carbons (Fsp3) is 0.409. The zero-order valence-electron chi connectivity index (χ0n) is 14.5. The van der Waals surface area contributed by atoms with Crippen LogP contribution in [-0.4, -0.2) is 0 Å². The van der Waals surface area contributed by atoms with Crippen LogP contribution in [0, 0.1) is 6.16 Å². The van der Waals surface area contributed by atoms with Crippen LogP contribution in [0.15, 0.2) is 60.7 Å². The second kappa shape index (κ2) is 11.4. The molecule has 0 aliphatic carbocycles. The van der Waals surface area contributed by atoms with E-state index in [-0.39, 0.29) is 7.92 Å². The Morgan fingerprint density at radius 3 is 1.65 bits per heavy atom. The molecule has 0 atom stereocenters. The summed E-state index contributed by atoms with van der Waals surface area (Å²) in [5.74, 6) is 0. The zero-order valence-corrected chi connectivity index (χ0v) is 15.3. The third kappa shape index (κ3) is 6.88. The lowest BCUT2D eigenvalue weighted by molar-refractivity contribution is 0.590. The fourth-order valence-electron chi connectivity index (χ4n) is 2.86. The van der Waals surface area contributed by atoms with Gasteiger partial charge >= 0.3 is 0 Å². The second-order valence-corrected chi connectivity index (χ2v) is 8.27. The molecule has 123 valence electrons. The lowest BCUT2D eigenvalue weighted by atomic mass is 10.1. The molecule has 0 bridgehead atoms. The molecule has 2 aromatic carbocycles. The smallest absolute Gasteiger partial charge is 0.00551 e. The van der Waals surface area contributed by atoms with Gasteiger partial charge in [-0.25, -0.2) is 0 Å². The van der Waals surface area contributed by atoms with Crippen LogP contribution in [0.2, 0.25) is 0 Å². The van der Waals surface area contributed by atoms with Crippen LogP contribution in [0.5, 0.6) is 0 Å². The minimum absolute atomic E-state index is 0.306. The van der Waals surface area contributed by atoms with Gasteiger partial charge in [-0.15, -0.1) is 0 Å². The highest BCUT2D eigenvalue weighted by Crippen LogP contribution is 2.38. The van der Waals surface area contributed by atoms with E-state index < -0.39 is 0 Å². The van der Waals surface area contributed by atoms with E-state index in [0.717, 1.165) is 0 Å². The maximum atomic E-state index is 2.58. The van der Waals surface area contributed by atoms with Crippen LogP contribution in [0.4, 0.5) is 0 Å². The third-order valence-electron chi connectivity index (χ3n) is 4.19. The SMILES string of the molecule is CCCCCCCCC[CH]P(c1ccccc1)c1ccccc1. The molecule has 0 fully saturated rings. The first-order chi connectivity index (χ1) is 11.4. The lowest BCUT2D eigenvalue weighted by Crippen LogP contribution is -2.11. The minimum atomic E-state index is -0.306. The summed E-state index contributed by atoms with van der Waals surface area (Å²) in [5, 5.41) is 2.94. The molecule has 1 heteroatoms. The van der Waals surface area contributed by atoms with Crippen molar-refractivity contribution in [2.75, 3.05) is 0 Å². The summed E-state index contributed by atoms with van der Waals surface area (Å²) in [4.78, 5) is 0. The minimum Gasteiger partial charge on any atom is -0.0654 e. The topological polar surface area (TPSA) is 0 Å². The summed E-state index contributed by atoms with van der Waals surface area (Å²) in [5.41, 5.74) is 0. The summed E-state index contributed by atoms with van der Waals surface area (Å²) >= 11 is 0. The van der Waals surface area contributed by atoms with Gasteiger partial charge in [0, 0.05) is 0 Å². The third-order valence-corrected chi connectivity index (χ3v) is 6.52. The zero-order chi connectivity index (χ0) is 16.2. The normalized spacial score (nSPS) is 11.0. The van der Waals surface area contributed by atoms with Gasteiger partial charge in [-0.05, 0) is 31.1 Å². The largest absolute Gasteiger partial charge is 0.0654 e. The molecule has 0 nitrogen and oxygen atoms in total. The molecular weight excluding hydrogens is 295 g/mol. The number of rotatable bonds is 11. The van der Waals surface area contributed by atoms with Crippen molar-refractivity contribution in [2.45, 2.75) is 58.3 Å². The highest BCUT2D eigenvalue weighted by Gasteiger charge is 2.12. The van der Waals surface area contributed by atoms with Crippen LogP contribution in [0.25, 0.3) is 0 Å². The van der Waals surface area contributed by atoms with Crippen molar-refractivity contribution >= 4 is 18.5 Å². The Bertz CT molecular complexity index is 467. The molecule has 23 heavy (non-hydrogen) atoms. The van der Waals surface area contributed by atoms with E-state index in [9.17, 15) is 0 Å². The fourth-order valence-corrected chi connectivity index (χ4v) is 5.01. The van der Waals surface area contributed by atoms with Gasteiger partial charge in [0.25, 0.3) is 0 Å². The Kier molecular flexibility index (Phi) is 9.04. The molecule has 0 spiro atoms. The Morgan fingerprint density at radius 2 is 1.13 bits per heavy atom. The summed E-state index contributed by atoms with van der Waals surface area (Å²) < 4.78 is 0. The van der Waals surface area contributed by atoms with E-state index in [1.807, 2.05) is 0 Å². The summed E-state index contributed by atoms with van der Waals surface area (Å²) in [6.07, 6.45) is 13.5. The maximum Gasteiger partial charge on any atom is -0.00551 e. The van der Waals surface area contributed by atoms with Crippen molar-refractivity contribution < 1.29 is 0 Å². The summed E-state index contributed by atoms with van der Waals surface area (Å²) in [7, 11) is -0.306. The maximum absolute atomic E-state index is 2.58. The van der Waals surface area contributed by atoms with Crippen LogP contribution in [-0.2, 0) is 0 Å². The molecule has 0 saturated heterocycles. The lowest BCUT2D eigenvalue weighted by Gasteiger charge is -2.18. The number of hydrogen-bond donors (Lipinski definition) is 0. The van der Waals surface area contributed by atoms with Crippen molar-refractivity contribution in [3.63, 3.8) is 0 Å². The first-order valence-corrected chi connectivity index (χ1v) is 10.6. The predicted octanol–water partition coefficient (Wildman–Crippen LogP) is 6.42. The molecule has 0 unspecified atom stereocenters. The monoisotopic (exact) mass is 325 g/mol. The van der Waals surface area contributed by atoms with Gasteiger partial charge in [-0.1, -0.05) is 113 Å². The Balaban J connectivity index is 1.80. The van der Waals surface area contributed by atoms with E-state index in [1.165, 1.54) is 62.0 Å². The molecule has 0 aromatic heterocycles. The average Bonchev–Trinajstić information content (AvgIpc) is 2.62. The van der Waals surface area contributed by atoms with Crippen molar-refractivity contribution in [3.05, 3.63) is 66.8 Å². The highest BCUT2D eigenvalue weighted by atomic mass is 31.1. The highest BCUT2D eigenvalue weighted by molar-refractivity contribution is 7.74. The van der Waals surface area contributed by atoms with Crippen molar-refractivity contribution in [3.8, 4) is 0 Å². The molecule has 0 N–H and O–H groups in total. The molecule has 0 amide bonds. The summed E-state index contributed by atoms with van der Waals surface area (Å²) in [6, 6.07) is 22.0. The van der Waals surface area contributed by atoms with Crippen molar-refractivity contribution in [1.29, 1.82) is 0 Å². The van der Waals surface area contributed by atoms with Crippen molar-refractivity contribution in [1.82, 2.24) is 0 Å². The van der Waals surface area contributed by atoms with Crippen LogP contribution < -0.4 is 10.6 Å². The molecule has 2 rings (SSSR count). The molecule has 0 heterocycles. The number of benzene rings is 2. The molecule has 1 radical (unpaired) electrons. The standard InChI is InChI=1S/C22H30P/c1-2-3-4-5-6-7-8-15-20-23(21-16-11-9-12-17-21)22-18-13-10-14-19-22/h9-14,16-20H,2-8,15H2,1H3. The Hall–Kier alpha value is -1.13.